The van der Waals surface area contributed by atoms with E-state index in [2.05, 4.69) is 0 Å². The van der Waals surface area contributed by atoms with Gasteiger partial charge in [-0.3, -0.25) is 4.79 Å². The van der Waals surface area contributed by atoms with Crippen LogP contribution < -0.4 is 0 Å². The molecule has 0 rings (SSSR count). The third-order valence-corrected chi connectivity index (χ3v) is 2.18. The zero-order valence-electron chi connectivity index (χ0n) is 7.67. The van der Waals surface area contributed by atoms with Gasteiger partial charge in [-0.1, -0.05) is 0 Å². The summed E-state index contributed by atoms with van der Waals surface area (Å²) in [6.07, 6.45) is 0.987. The summed E-state index contributed by atoms with van der Waals surface area (Å²) >= 11 is 1.59. The summed E-state index contributed by atoms with van der Waals surface area (Å²) in [5.74, 6) is 1.28. The molecular formula is C8H16O3S. The number of ether oxygens (including phenoxy) is 2. The Hall–Kier alpha value is -0.220. The Morgan fingerprint density at radius 1 is 1.50 bits per heavy atom. The van der Waals surface area contributed by atoms with Gasteiger partial charge in [-0.05, 0) is 19.1 Å². The number of rotatable bonds is 7. The predicted octanol–water partition coefficient (Wildman–Crippen LogP) is 1.32. The second-order valence-corrected chi connectivity index (χ2v) is 3.31. The van der Waals surface area contributed by atoms with E-state index in [1.54, 1.807) is 18.9 Å². The van der Waals surface area contributed by atoms with Crippen molar-refractivity contribution in [2.24, 2.45) is 0 Å². The lowest BCUT2D eigenvalue weighted by atomic mass is 10.5. The maximum Gasteiger partial charge on any atom is 0.315 e. The summed E-state index contributed by atoms with van der Waals surface area (Å²) in [4.78, 5) is 10.8. The van der Waals surface area contributed by atoms with Crippen LogP contribution in [0.5, 0.6) is 0 Å². The first kappa shape index (κ1) is 11.8. The van der Waals surface area contributed by atoms with Crippen molar-refractivity contribution in [1.29, 1.82) is 0 Å². The zero-order valence-corrected chi connectivity index (χ0v) is 8.49. The van der Waals surface area contributed by atoms with Crippen LogP contribution in [0.15, 0.2) is 0 Å². The van der Waals surface area contributed by atoms with E-state index in [-0.39, 0.29) is 5.97 Å². The minimum absolute atomic E-state index is 0.125. The fourth-order valence-electron chi connectivity index (χ4n) is 0.663. The van der Waals surface area contributed by atoms with Crippen molar-refractivity contribution in [2.45, 2.75) is 13.3 Å². The van der Waals surface area contributed by atoms with Crippen LogP contribution in [0.4, 0.5) is 0 Å². The van der Waals surface area contributed by atoms with Crippen molar-refractivity contribution in [3.63, 3.8) is 0 Å². The van der Waals surface area contributed by atoms with Crippen molar-refractivity contribution in [1.82, 2.24) is 0 Å². The second-order valence-electron chi connectivity index (χ2n) is 2.20. The molecule has 0 aromatic rings. The molecule has 0 aromatic carbocycles. The molecule has 0 N–H and O–H groups in total. The highest BCUT2D eigenvalue weighted by molar-refractivity contribution is 7.99. The molecule has 0 heterocycles. The summed E-state index contributed by atoms with van der Waals surface area (Å²) in [5, 5.41) is 0. The van der Waals surface area contributed by atoms with Crippen molar-refractivity contribution in [3.8, 4) is 0 Å². The molecule has 0 atom stereocenters. The highest BCUT2D eigenvalue weighted by Crippen LogP contribution is 2.02. The molecule has 0 unspecified atom stereocenters. The lowest BCUT2D eigenvalue weighted by Gasteiger charge is -2.01. The first-order valence-electron chi connectivity index (χ1n) is 4.03. The highest BCUT2D eigenvalue weighted by atomic mass is 32.2. The average Bonchev–Trinajstić information content (AvgIpc) is 2.05. The van der Waals surface area contributed by atoms with E-state index in [1.165, 1.54) is 0 Å². The molecule has 0 aliphatic heterocycles. The van der Waals surface area contributed by atoms with Crippen LogP contribution in [-0.4, -0.2) is 37.8 Å². The number of carbonyl (C=O) groups excluding carboxylic acids is 1. The lowest BCUT2D eigenvalue weighted by Crippen LogP contribution is -2.07. The van der Waals surface area contributed by atoms with Gasteiger partial charge in [0.25, 0.3) is 0 Å². The standard InChI is InChI=1S/C8H16O3S/c1-3-11-8(9)7-12-6-4-5-10-2/h3-7H2,1-2H3. The van der Waals surface area contributed by atoms with Gasteiger partial charge in [0, 0.05) is 13.7 Å². The van der Waals surface area contributed by atoms with Gasteiger partial charge < -0.3 is 9.47 Å². The molecule has 0 radical (unpaired) electrons. The second kappa shape index (κ2) is 8.87. The average molecular weight is 192 g/mol. The molecule has 12 heavy (non-hydrogen) atoms. The lowest BCUT2D eigenvalue weighted by molar-refractivity contribution is -0.139. The predicted molar refractivity (Wildman–Crippen MR) is 50.5 cm³/mol. The molecule has 72 valence electrons. The van der Waals surface area contributed by atoms with Crippen LogP contribution in [0.25, 0.3) is 0 Å². The monoisotopic (exact) mass is 192 g/mol. The first-order valence-corrected chi connectivity index (χ1v) is 5.19. The molecule has 0 saturated carbocycles. The van der Waals surface area contributed by atoms with Crippen LogP contribution >= 0.6 is 11.8 Å². The third kappa shape index (κ3) is 7.88. The van der Waals surface area contributed by atoms with Gasteiger partial charge in [-0.2, -0.15) is 11.8 Å². The topological polar surface area (TPSA) is 35.5 Å². The molecule has 0 amide bonds. The molecule has 0 saturated heterocycles. The van der Waals surface area contributed by atoms with E-state index >= 15 is 0 Å². The summed E-state index contributed by atoms with van der Waals surface area (Å²) in [5.41, 5.74) is 0. The van der Waals surface area contributed by atoms with E-state index in [0.717, 1.165) is 18.8 Å². The number of hydrogen-bond acceptors (Lipinski definition) is 4. The van der Waals surface area contributed by atoms with Gasteiger partial charge >= 0.3 is 5.97 Å². The van der Waals surface area contributed by atoms with Crippen LogP contribution in [-0.2, 0) is 14.3 Å². The highest BCUT2D eigenvalue weighted by Gasteiger charge is 2.00. The zero-order chi connectivity index (χ0) is 9.23. The van der Waals surface area contributed by atoms with Crippen LogP contribution in [0.2, 0.25) is 0 Å². The maximum absolute atomic E-state index is 10.8. The van der Waals surface area contributed by atoms with Gasteiger partial charge in [0.2, 0.25) is 0 Å². The molecule has 0 aliphatic carbocycles. The Kier molecular flexibility index (Phi) is 8.71. The Balaban J connectivity index is 3.03. The minimum Gasteiger partial charge on any atom is -0.465 e. The Morgan fingerprint density at radius 3 is 2.83 bits per heavy atom. The smallest absolute Gasteiger partial charge is 0.315 e. The van der Waals surface area contributed by atoms with Crippen molar-refractivity contribution in [3.05, 3.63) is 0 Å². The van der Waals surface area contributed by atoms with Crippen molar-refractivity contribution >= 4 is 17.7 Å². The third-order valence-electron chi connectivity index (χ3n) is 1.16. The van der Waals surface area contributed by atoms with Gasteiger partial charge in [0.05, 0.1) is 12.4 Å². The fourth-order valence-corrected chi connectivity index (χ4v) is 1.38. The summed E-state index contributed by atoms with van der Waals surface area (Å²) in [6, 6.07) is 0. The molecule has 0 aliphatic rings. The first-order chi connectivity index (χ1) is 5.81. The van der Waals surface area contributed by atoms with Gasteiger partial charge in [-0.25, -0.2) is 0 Å². The van der Waals surface area contributed by atoms with Crippen LogP contribution in [0.3, 0.4) is 0 Å². The van der Waals surface area contributed by atoms with Crippen molar-refractivity contribution < 1.29 is 14.3 Å². The molecule has 0 bridgehead atoms. The van der Waals surface area contributed by atoms with Gasteiger partial charge in [-0.15, -0.1) is 0 Å². The normalized spacial score (nSPS) is 9.83. The van der Waals surface area contributed by atoms with E-state index in [4.69, 9.17) is 9.47 Å². The van der Waals surface area contributed by atoms with Crippen LogP contribution in [0.1, 0.15) is 13.3 Å². The van der Waals surface area contributed by atoms with E-state index in [1.807, 2.05) is 6.92 Å². The number of carbonyl (C=O) groups is 1. The van der Waals surface area contributed by atoms with E-state index < -0.39 is 0 Å². The molecule has 4 heteroatoms. The summed E-state index contributed by atoms with van der Waals surface area (Å²) < 4.78 is 9.62. The molecule has 3 nitrogen and oxygen atoms in total. The summed E-state index contributed by atoms with van der Waals surface area (Å²) in [7, 11) is 1.68. The Morgan fingerprint density at radius 2 is 2.25 bits per heavy atom. The SMILES string of the molecule is CCOC(=O)CSCCCOC. The minimum atomic E-state index is -0.125. The number of methoxy groups -OCH3 is 1. The largest absolute Gasteiger partial charge is 0.465 e. The Labute approximate surface area is 77.8 Å². The molecule has 0 spiro atoms. The number of hydrogen-bond donors (Lipinski definition) is 0. The molecular weight excluding hydrogens is 176 g/mol. The van der Waals surface area contributed by atoms with Crippen LogP contribution in [0, 0.1) is 0 Å². The molecule has 0 fully saturated rings. The van der Waals surface area contributed by atoms with E-state index in [9.17, 15) is 4.79 Å². The van der Waals surface area contributed by atoms with Crippen molar-refractivity contribution in [2.75, 3.05) is 31.8 Å². The van der Waals surface area contributed by atoms with E-state index in [0.29, 0.717) is 12.4 Å². The summed E-state index contributed by atoms with van der Waals surface area (Å²) in [6.45, 7) is 3.04. The maximum atomic E-state index is 10.8. The van der Waals surface area contributed by atoms with Gasteiger partial charge in [0.15, 0.2) is 0 Å². The number of esters is 1. The quantitative estimate of drug-likeness (QED) is 0.450. The van der Waals surface area contributed by atoms with Gasteiger partial charge in [0.1, 0.15) is 0 Å². The number of thioether (sulfide) groups is 1. The molecule has 0 aromatic heterocycles. The fraction of sp³-hybridized carbons (Fsp3) is 0.875. The Bertz CT molecular complexity index is 117.